The van der Waals surface area contributed by atoms with E-state index >= 15 is 0 Å². The normalized spacial score (nSPS) is 10.3. The standard InChI is InChI=1S/C17H18F2N2O2/c1-11-6-7-15(23-2)14(10-11)21-16(22)8-9-20-17-12(18)4-3-5-13(17)19/h3-7,10,20H,8-9H2,1-2H3,(H,21,22). The molecule has 0 spiro atoms. The molecular formula is C17H18F2N2O2. The number of anilines is 2. The predicted molar refractivity (Wildman–Crippen MR) is 85.8 cm³/mol. The van der Waals surface area contributed by atoms with Gasteiger partial charge in [0.2, 0.25) is 5.91 Å². The molecular weight excluding hydrogens is 302 g/mol. The molecule has 2 aromatic carbocycles. The number of ether oxygens (including phenoxy) is 1. The van der Waals surface area contributed by atoms with Crippen LogP contribution in [0.1, 0.15) is 12.0 Å². The highest BCUT2D eigenvalue weighted by molar-refractivity contribution is 5.92. The van der Waals surface area contributed by atoms with E-state index in [2.05, 4.69) is 10.6 Å². The van der Waals surface area contributed by atoms with Crippen molar-refractivity contribution in [1.29, 1.82) is 0 Å². The van der Waals surface area contributed by atoms with Crippen LogP contribution in [-0.2, 0) is 4.79 Å². The summed E-state index contributed by atoms with van der Waals surface area (Å²) in [5, 5.41) is 5.32. The number of aryl methyl sites for hydroxylation is 1. The summed E-state index contributed by atoms with van der Waals surface area (Å²) >= 11 is 0. The molecule has 4 nitrogen and oxygen atoms in total. The average molecular weight is 320 g/mol. The highest BCUT2D eigenvalue weighted by Crippen LogP contribution is 2.25. The van der Waals surface area contributed by atoms with Crippen molar-refractivity contribution in [2.75, 3.05) is 24.3 Å². The monoisotopic (exact) mass is 320 g/mol. The quantitative estimate of drug-likeness (QED) is 0.853. The number of halogens is 2. The highest BCUT2D eigenvalue weighted by Gasteiger charge is 2.10. The molecule has 2 aromatic rings. The Labute approximate surface area is 133 Å². The van der Waals surface area contributed by atoms with E-state index in [1.165, 1.54) is 13.2 Å². The van der Waals surface area contributed by atoms with Crippen LogP contribution in [0.2, 0.25) is 0 Å². The minimum atomic E-state index is -0.689. The third-order valence-corrected chi connectivity index (χ3v) is 3.25. The first-order valence-electron chi connectivity index (χ1n) is 7.13. The van der Waals surface area contributed by atoms with Crippen LogP contribution >= 0.6 is 0 Å². The molecule has 6 heteroatoms. The van der Waals surface area contributed by atoms with E-state index in [1.807, 2.05) is 13.0 Å². The van der Waals surface area contributed by atoms with E-state index in [4.69, 9.17) is 4.74 Å². The first-order valence-corrected chi connectivity index (χ1v) is 7.13. The minimum Gasteiger partial charge on any atom is -0.495 e. The lowest BCUT2D eigenvalue weighted by Crippen LogP contribution is -2.17. The summed E-state index contributed by atoms with van der Waals surface area (Å²) in [5.41, 5.74) is 1.32. The van der Waals surface area contributed by atoms with Crippen molar-refractivity contribution < 1.29 is 18.3 Å². The number of hydrogen-bond donors (Lipinski definition) is 2. The Bertz CT molecular complexity index is 685. The Hall–Kier alpha value is -2.63. The second-order valence-electron chi connectivity index (χ2n) is 5.03. The number of carbonyl (C=O) groups is 1. The first-order chi connectivity index (χ1) is 11.0. The Morgan fingerprint density at radius 3 is 2.52 bits per heavy atom. The number of carbonyl (C=O) groups excluding carboxylic acids is 1. The molecule has 0 heterocycles. The number of benzene rings is 2. The maximum absolute atomic E-state index is 13.4. The Morgan fingerprint density at radius 2 is 1.87 bits per heavy atom. The molecule has 0 radical (unpaired) electrons. The largest absolute Gasteiger partial charge is 0.495 e. The fraction of sp³-hybridized carbons (Fsp3) is 0.235. The van der Waals surface area contributed by atoms with Crippen molar-refractivity contribution in [2.45, 2.75) is 13.3 Å². The fourth-order valence-corrected chi connectivity index (χ4v) is 2.10. The third kappa shape index (κ3) is 4.42. The van der Waals surface area contributed by atoms with Crippen molar-refractivity contribution in [3.63, 3.8) is 0 Å². The van der Waals surface area contributed by atoms with Gasteiger partial charge < -0.3 is 15.4 Å². The van der Waals surface area contributed by atoms with E-state index in [1.54, 1.807) is 12.1 Å². The molecule has 0 atom stereocenters. The van der Waals surface area contributed by atoms with Crippen LogP contribution in [0.4, 0.5) is 20.2 Å². The molecule has 0 bridgehead atoms. The number of nitrogens with one attached hydrogen (secondary N) is 2. The number of rotatable bonds is 6. The molecule has 0 aromatic heterocycles. The lowest BCUT2D eigenvalue weighted by atomic mass is 10.2. The zero-order valence-corrected chi connectivity index (χ0v) is 13.0. The Kier molecular flexibility index (Phi) is 5.51. The molecule has 2 N–H and O–H groups in total. The number of methoxy groups -OCH3 is 1. The van der Waals surface area contributed by atoms with Crippen molar-refractivity contribution in [1.82, 2.24) is 0 Å². The predicted octanol–water partition coefficient (Wildman–Crippen LogP) is 3.72. The summed E-state index contributed by atoms with van der Waals surface area (Å²) in [7, 11) is 1.52. The van der Waals surface area contributed by atoms with E-state index < -0.39 is 11.6 Å². The molecule has 0 aliphatic carbocycles. The smallest absolute Gasteiger partial charge is 0.226 e. The van der Waals surface area contributed by atoms with Crippen molar-refractivity contribution in [3.05, 3.63) is 53.6 Å². The van der Waals surface area contributed by atoms with Gasteiger partial charge in [0.15, 0.2) is 0 Å². The molecule has 2 rings (SSSR count). The number of hydrogen-bond acceptors (Lipinski definition) is 3. The maximum Gasteiger partial charge on any atom is 0.226 e. The summed E-state index contributed by atoms with van der Waals surface area (Å²) in [6, 6.07) is 9.02. The van der Waals surface area contributed by atoms with Crippen molar-refractivity contribution in [3.8, 4) is 5.75 Å². The van der Waals surface area contributed by atoms with E-state index in [0.29, 0.717) is 11.4 Å². The van der Waals surface area contributed by atoms with Crippen LogP contribution < -0.4 is 15.4 Å². The van der Waals surface area contributed by atoms with Crippen LogP contribution in [0, 0.1) is 18.6 Å². The second kappa shape index (κ2) is 7.58. The molecule has 0 unspecified atom stereocenters. The van der Waals surface area contributed by atoms with E-state index in [9.17, 15) is 13.6 Å². The van der Waals surface area contributed by atoms with Gasteiger partial charge in [-0.2, -0.15) is 0 Å². The van der Waals surface area contributed by atoms with Crippen LogP contribution in [0.5, 0.6) is 5.75 Å². The third-order valence-electron chi connectivity index (χ3n) is 3.25. The van der Waals surface area contributed by atoms with E-state index in [-0.39, 0.29) is 24.6 Å². The zero-order chi connectivity index (χ0) is 16.8. The fourth-order valence-electron chi connectivity index (χ4n) is 2.10. The van der Waals surface area contributed by atoms with Crippen LogP contribution in [0.25, 0.3) is 0 Å². The van der Waals surface area contributed by atoms with Gasteiger partial charge in [0.1, 0.15) is 23.1 Å². The summed E-state index contributed by atoms with van der Waals surface area (Å²) in [4.78, 5) is 12.0. The molecule has 0 saturated heterocycles. The van der Waals surface area contributed by atoms with Crippen LogP contribution in [0.3, 0.4) is 0 Å². The SMILES string of the molecule is COc1ccc(C)cc1NC(=O)CCNc1c(F)cccc1F. The van der Waals surface area contributed by atoms with Gasteiger partial charge in [-0.25, -0.2) is 8.78 Å². The average Bonchev–Trinajstić information content (AvgIpc) is 2.50. The van der Waals surface area contributed by atoms with E-state index in [0.717, 1.165) is 17.7 Å². The highest BCUT2D eigenvalue weighted by atomic mass is 19.1. The molecule has 1 amide bonds. The summed E-state index contributed by atoms with van der Waals surface area (Å²) in [6.07, 6.45) is 0.0604. The molecule has 0 saturated carbocycles. The molecule has 0 aliphatic rings. The topological polar surface area (TPSA) is 50.4 Å². The molecule has 0 fully saturated rings. The van der Waals surface area contributed by atoms with Gasteiger partial charge in [0.25, 0.3) is 0 Å². The van der Waals surface area contributed by atoms with Crippen molar-refractivity contribution in [2.24, 2.45) is 0 Å². The van der Waals surface area contributed by atoms with Gasteiger partial charge in [0, 0.05) is 13.0 Å². The summed E-state index contributed by atoms with van der Waals surface area (Å²) < 4.78 is 32.1. The molecule has 122 valence electrons. The summed E-state index contributed by atoms with van der Waals surface area (Å²) in [6.45, 7) is 2.01. The molecule has 23 heavy (non-hydrogen) atoms. The van der Waals surface area contributed by atoms with Crippen molar-refractivity contribution >= 4 is 17.3 Å². The summed E-state index contributed by atoms with van der Waals surface area (Å²) in [5.74, 6) is -1.10. The zero-order valence-electron chi connectivity index (χ0n) is 13.0. The lowest BCUT2D eigenvalue weighted by molar-refractivity contribution is -0.116. The maximum atomic E-state index is 13.4. The minimum absolute atomic E-state index is 0.0604. The van der Waals surface area contributed by atoms with Gasteiger partial charge in [-0.05, 0) is 36.8 Å². The van der Waals surface area contributed by atoms with Crippen LogP contribution in [-0.4, -0.2) is 19.6 Å². The van der Waals surface area contributed by atoms with Crippen LogP contribution in [0.15, 0.2) is 36.4 Å². The van der Waals surface area contributed by atoms with Gasteiger partial charge in [-0.3, -0.25) is 4.79 Å². The lowest BCUT2D eigenvalue weighted by Gasteiger charge is -2.12. The Balaban J connectivity index is 1.92. The van der Waals surface area contributed by atoms with Gasteiger partial charge in [0.05, 0.1) is 12.8 Å². The first kappa shape index (κ1) is 16.7. The Morgan fingerprint density at radius 1 is 1.17 bits per heavy atom. The second-order valence-corrected chi connectivity index (χ2v) is 5.03. The van der Waals surface area contributed by atoms with Gasteiger partial charge in [-0.15, -0.1) is 0 Å². The molecule has 0 aliphatic heterocycles. The number of amides is 1. The van der Waals surface area contributed by atoms with Gasteiger partial charge in [-0.1, -0.05) is 12.1 Å². The van der Waals surface area contributed by atoms with Gasteiger partial charge >= 0.3 is 0 Å². The number of para-hydroxylation sites is 1.